The molecule has 0 fully saturated rings. The smallest absolute Gasteiger partial charge is 0.744 e. The molecule has 692 valence electrons. The third-order valence-corrected chi connectivity index (χ3v) is 24.7. The summed E-state index contributed by atoms with van der Waals surface area (Å²) < 4.78 is 91.9. The molecule has 17 heteroatoms. The predicted molar refractivity (Wildman–Crippen MR) is 507 cm³/mol. The second-order valence-corrected chi connectivity index (χ2v) is 37.0. The third-order valence-electron chi connectivity index (χ3n) is 23.0. The van der Waals surface area contributed by atoms with E-state index in [1.54, 1.807) is 0 Å². The molecule has 0 atom stereocenters. The van der Waals surface area contributed by atoms with Crippen LogP contribution in [-0.2, 0) is 39.2 Å². The number of esters is 4. The van der Waals surface area contributed by atoms with Crippen LogP contribution in [-0.4, -0.2) is 114 Å². The Morgan fingerprint density at radius 1 is 0.223 bits per heavy atom. The van der Waals surface area contributed by atoms with E-state index in [0.29, 0.717) is 25.7 Å². The Labute approximate surface area is 773 Å². The molecule has 0 heterocycles. The molecule has 0 aromatic heterocycles. The number of hydrogen-bond acceptors (Lipinski definition) is 14. The van der Waals surface area contributed by atoms with E-state index in [4.69, 9.17) is 18.9 Å². The molecule has 2 aromatic rings. The Bertz CT molecular complexity index is 2880. The summed E-state index contributed by atoms with van der Waals surface area (Å²) in [6, 6.07) is 6.30. The van der Waals surface area contributed by atoms with Gasteiger partial charge >= 0.3 is 61.6 Å². The first-order valence-corrected chi connectivity index (χ1v) is 52.9. The minimum absolute atomic E-state index is 0. The van der Waals surface area contributed by atoms with Crippen molar-refractivity contribution in [2.45, 2.75) is 500 Å². The van der Waals surface area contributed by atoms with Crippen LogP contribution in [0.2, 0.25) is 0 Å². The number of benzene rings is 2. The Kier molecular flexibility index (Phi) is 85.7. The molecule has 121 heavy (non-hydrogen) atoms. The van der Waals surface area contributed by atoms with Gasteiger partial charge in [0, 0.05) is 0 Å². The normalized spacial score (nSPS) is 11.8. The summed E-state index contributed by atoms with van der Waals surface area (Å²) in [6.45, 7) is 9.79. The zero-order valence-corrected chi connectivity index (χ0v) is 81.9. The Hall–Kier alpha value is -3.64. The standard InChI is InChI=1S/2C52H90O7S.Ca/c2*1-3-5-7-9-11-13-15-17-19-21-23-25-27-29-31-33-35-37-39-41-45-58-51(53)49-44-43-48(60(55,56)57)47-50(49)52(54)59-46-42-40-38-36-34-32-30-28-26-24-22-20-18-16-14-12-10-8-6-4-2;/h2*19-22,43-44,47H,3-18,23-42,45-46H2,1-2H3,(H,55,56,57);/q;;+2/p-2/b2*21-19+,22-20+;. The van der Waals surface area contributed by atoms with Gasteiger partial charge in [0.25, 0.3) is 0 Å². The number of carbonyl (C=O) groups is 4. The van der Waals surface area contributed by atoms with Crippen LogP contribution in [0.1, 0.15) is 531 Å². The van der Waals surface area contributed by atoms with E-state index in [2.05, 4.69) is 76.3 Å². The predicted octanol–water partition coefficient (Wildman–Crippen LogP) is 31.8. The molecule has 0 amide bonds. The monoisotopic (exact) mass is 1760 g/mol. The Morgan fingerprint density at radius 2 is 0.364 bits per heavy atom. The van der Waals surface area contributed by atoms with Gasteiger partial charge in [-0.15, -0.1) is 0 Å². The van der Waals surface area contributed by atoms with Gasteiger partial charge in [0.2, 0.25) is 0 Å². The van der Waals surface area contributed by atoms with Gasteiger partial charge in [0.1, 0.15) is 20.2 Å². The van der Waals surface area contributed by atoms with Crippen LogP contribution in [0.4, 0.5) is 0 Å². The van der Waals surface area contributed by atoms with Crippen molar-refractivity contribution < 1.29 is 64.1 Å². The largest absolute Gasteiger partial charge is 2.00 e. The van der Waals surface area contributed by atoms with Gasteiger partial charge in [-0.2, -0.15) is 0 Å². The quantitative estimate of drug-likeness (QED) is 0.0150. The maximum atomic E-state index is 13.0. The van der Waals surface area contributed by atoms with Crippen molar-refractivity contribution in [3.63, 3.8) is 0 Å². The number of hydrogen-bond donors (Lipinski definition) is 0. The van der Waals surface area contributed by atoms with E-state index >= 15 is 0 Å². The van der Waals surface area contributed by atoms with Gasteiger partial charge < -0.3 is 28.1 Å². The van der Waals surface area contributed by atoms with Crippen molar-refractivity contribution in [3.8, 4) is 0 Å². The molecular weight excluding hydrogens is 1580 g/mol. The average molecular weight is 1760 g/mol. The fraction of sp³-hybridized carbons (Fsp3) is 0.769. The van der Waals surface area contributed by atoms with Gasteiger partial charge in [0.05, 0.1) is 58.5 Å². The summed E-state index contributed by atoms with van der Waals surface area (Å²) in [6.07, 6.45) is 107. The number of unbranched alkanes of at least 4 members (excludes halogenated alkanes) is 64. The SMILES string of the molecule is CCCCCCCCC/C=C/CCCCCCCCCCCOC(=O)c1ccc(S(=O)(=O)[O-])cc1C(=O)OCCCCCCCCCCC/C=C/CCCCCCCCC.CCCCCCCCC/C=C/CCCCCCCCCCCOC(=O)c1ccc(S(=O)(=O)[O-])cc1C(=O)OCCCCCCCCCCC/C=C/CCCCCCCCC.[Ca+2]. The van der Waals surface area contributed by atoms with Crippen LogP contribution in [0.25, 0.3) is 0 Å². The summed E-state index contributed by atoms with van der Waals surface area (Å²) in [5.74, 6) is -3.09. The molecule has 0 spiro atoms. The van der Waals surface area contributed by atoms with Gasteiger partial charge in [0.15, 0.2) is 0 Å². The number of ether oxygens (including phenoxy) is 4. The molecule has 0 unspecified atom stereocenters. The van der Waals surface area contributed by atoms with Crippen LogP contribution in [0, 0.1) is 0 Å². The van der Waals surface area contributed by atoms with Crippen molar-refractivity contribution in [1.29, 1.82) is 0 Å². The number of rotatable bonds is 86. The third kappa shape index (κ3) is 75.1. The molecule has 0 saturated carbocycles. The van der Waals surface area contributed by atoms with E-state index in [1.807, 2.05) is 0 Å². The molecular formula is C104H178CaO14S2. The fourth-order valence-corrected chi connectivity index (χ4v) is 16.2. The Balaban J connectivity index is 0.00000236. The Morgan fingerprint density at radius 3 is 0.521 bits per heavy atom. The molecule has 0 N–H and O–H groups in total. The summed E-state index contributed by atoms with van der Waals surface area (Å²) >= 11 is 0. The van der Waals surface area contributed by atoms with Crippen LogP contribution in [0.3, 0.4) is 0 Å². The maximum Gasteiger partial charge on any atom is 2.00 e. The molecule has 0 aliphatic rings. The van der Waals surface area contributed by atoms with Crippen molar-refractivity contribution in [3.05, 3.63) is 107 Å². The summed E-state index contributed by atoms with van der Waals surface area (Å²) in [5.41, 5.74) is -0.675. The van der Waals surface area contributed by atoms with E-state index in [0.717, 1.165) is 101 Å². The maximum absolute atomic E-state index is 13.0. The summed E-state index contributed by atoms with van der Waals surface area (Å²) in [7, 11) is -9.64. The molecule has 0 saturated heterocycles. The van der Waals surface area contributed by atoms with Gasteiger partial charge in [-0.1, -0.05) is 410 Å². The van der Waals surface area contributed by atoms with E-state index in [9.17, 15) is 45.1 Å². The fourth-order valence-electron chi connectivity index (χ4n) is 15.2. The first-order chi connectivity index (χ1) is 58.6. The van der Waals surface area contributed by atoms with Gasteiger partial charge in [-0.3, -0.25) is 0 Å². The van der Waals surface area contributed by atoms with E-state index < -0.39 is 53.9 Å². The minimum Gasteiger partial charge on any atom is -0.744 e. The van der Waals surface area contributed by atoms with Crippen molar-refractivity contribution in [2.75, 3.05) is 26.4 Å². The zero-order valence-electron chi connectivity index (χ0n) is 78.1. The second kappa shape index (κ2) is 88.4. The van der Waals surface area contributed by atoms with Gasteiger partial charge in [-0.25, -0.2) is 36.0 Å². The minimum atomic E-state index is -4.82. The molecule has 2 aromatic carbocycles. The second-order valence-electron chi connectivity index (χ2n) is 34.3. The van der Waals surface area contributed by atoms with Crippen molar-refractivity contribution in [2.24, 2.45) is 0 Å². The van der Waals surface area contributed by atoms with Crippen LogP contribution in [0.15, 0.2) is 94.8 Å². The van der Waals surface area contributed by atoms with E-state index in [-0.39, 0.29) is 86.4 Å². The van der Waals surface area contributed by atoms with Crippen LogP contribution in [0.5, 0.6) is 0 Å². The molecule has 0 radical (unpaired) electrons. The first kappa shape index (κ1) is 117. The molecule has 14 nitrogen and oxygen atoms in total. The number of allylic oxidation sites excluding steroid dienone is 8. The molecule has 0 bridgehead atoms. The first-order valence-electron chi connectivity index (χ1n) is 50.1. The topological polar surface area (TPSA) is 220 Å². The van der Waals surface area contributed by atoms with Crippen molar-refractivity contribution in [1.82, 2.24) is 0 Å². The van der Waals surface area contributed by atoms with Gasteiger partial charge in [-0.05, 0) is 165 Å². The summed E-state index contributed by atoms with van der Waals surface area (Å²) in [4.78, 5) is 50.7. The van der Waals surface area contributed by atoms with Crippen LogP contribution >= 0.6 is 0 Å². The summed E-state index contributed by atoms with van der Waals surface area (Å²) in [5, 5.41) is 0. The van der Waals surface area contributed by atoms with Crippen molar-refractivity contribution >= 4 is 81.9 Å². The average Bonchev–Trinajstić information content (AvgIpc) is 0.813. The zero-order chi connectivity index (χ0) is 87.2. The molecule has 0 aliphatic carbocycles. The van der Waals surface area contributed by atoms with Crippen LogP contribution < -0.4 is 0 Å². The van der Waals surface area contributed by atoms with E-state index in [1.165, 1.54) is 372 Å². The number of carbonyl (C=O) groups excluding carboxylic acids is 4. The molecule has 0 aliphatic heterocycles. The molecule has 2 rings (SSSR count).